The summed E-state index contributed by atoms with van der Waals surface area (Å²) in [4.78, 5) is 0. The molecule has 0 radical (unpaired) electrons. The summed E-state index contributed by atoms with van der Waals surface area (Å²) in [6, 6.07) is 0. The van der Waals surface area contributed by atoms with Crippen LogP contribution in [0.3, 0.4) is 0 Å². The molecule has 0 aromatic heterocycles. The van der Waals surface area contributed by atoms with Gasteiger partial charge in [-0.3, -0.25) is 0 Å². The lowest BCUT2D eigenvalue weighted by molar-refractivity contribution is -0.0375. The Morgan fingerprint density at radius 2 is 1.57 bits per heavy atom. The zero-order valence-electron chi connectivity index (χ0n) is 4.97. The Morgan fingerprint density at radius 3 is 1.57 bits per heavy atom. The fraction of sp³-hybridized carbons (Fsp3) is 1.00. The zero-order valence-corrected chi connectivity index (χ0v) is 4.97. The maximum Gasteiger partial charge on any atom is 0.0846 e. The number of aliphatic hydroxyl groups excluding tert-OH is 1. The Hall–Kier alpha value is -0.0800. The van der Waals surface area contributed by atoms with Crippen LogP contribution < -0.4 is 0 Å². The molecule has 0 spiro atoms. The van der Waals surface area contributed by atoms with Crippen LogP contribution in [0.2, 0.25) is 0 Å². The van der Waals surface area contributed by atoms with Gasteiger partial charge in [-0.1, -0.05) is 0 Å². The highest BCUT2D eigenvalue weighted by Crippen LogP contribution is 2.05. The van der Waals surface area contributed by atoms with E-state index in [4.69, 9.17) is 10.2 Å². The molecule has 0 bridgehead atoms. The summed E-state index contributed by atoms with van der Waals surface area (Å²) in [5.41, 5.74) is -0.944. The minimum atomic E-state index is -0.944. The van der Waals surface area contributed by atoms with Gasteiger partial charge in [-0.2, -0.15) is 0 Å². The minimum absolute atomic E-state index is 0.646. The molecule has 0 aromatic rings. The van der Waals surface area contributed by atoms with E-state index in [1.54, 1.807) is 20.8 Å². The van der Waals surface area contributed by atoms with Crippen molar-refractivity contribution in [3.8, 4) is 0 Å². The molecule has 0 aliphatic rings. The Morgan fingerprint density at radius 1 is 1.43 bits per heavy atom. The molecule has 0 heterocycles. The molecule has 1 atom stereocenters. The van der Waals surface area contributed by atoms with Gasteiger partial charge >= 0.3 is 0 Å². The third-order valence-electron chi connectivity index (χ3n) is 1.02. The molecular formula is C5H12O2. The van der Waals surface area contributed by atoms with Gasteiger partial charge in [0.05, 0.1) is 11.7 Å². The highest BCUT2D eigenvalue weighted by Gasteiger charge is 2.18. The van der Waals surface area contributed by atoms with E-state index in [0.717, 1.165) is 0 Å². The zero-order chi connectivity index (χ0) is 6.08. The van der Waals surface area contributed by atoms with Gasteiger partial charge in [-0.15, -0.1) is 0 Å². The van der Waals surface area contributed by atoms with Crippen LogP contribution in [0.1, 0.15) is 20.8 Å². The number of rotatable bonds is 1. The highest BCUT2D eigenvalue weighted by atomic mass is 16.3. The molecule has 0 amide bonds. The van der Waals surface area contributed by atoms with E-state index < -0.39 is 11.7 Å². The first-order valence-corrected chi connectivity index (χ1v) is 2.35. The maximum absolute atomic E-state index is 8.84. The quantitative estimate of drug-likeness (QED) is 0.496. The largest absolute Gasteiger partial charge is 0.390 e. The number of aliphatic hydroxyl groups is 2. The maximum atomic E-state index is 8.84. The summed E-state index contributed by atoms with van der Waals surface area (Å²) in [5.74, 6) is 0. The third-order valence-corrected chi connectivity index (χ3v) is 1.02. The van der Waals surface area contributed by atoms with E-state index in [0.29, 0.717) is 0 Å². The Labute approximate surface area is 43.8 Å². The minimum Gasteiger partial charge on any atom is -0.390 e. The second-order valence-corrected chi connectivity index (χ2v) is 2.33. The summed E-state index contributed by atoms with van der Waals surface area (Å²) in [5, 5.41) is 17.5. The van der Waals surface area contributed by atoms with E-state index in [2.05, 4.69) is 0 Å². The first-order valence-electron chi connectivity index (χ1n) is 2.35. The van der Waals surface area contributed by atoms with Crippen LogP contribution in [0.25, 0.3) is 0 Å². The molecule has 2 N–H and O–H groups in total. The van der Waals surface area contributed by atoms with E-state index >= 15 is 0 Å². The van der Waals surface area contributed by atoms with Crippen molar-refractivity contribution in [2.75, 3.05) is 0 Å². The van der Waals surface area contributed by atoms with Crippen LogP contribution >= 0.6 is 0 Å². The Balaban J connectivity index is 3.54. The van der Waals surface area contributed by atoms with Gasteiger partial charge in [-0.25, -0.2) is 0 Å². The second-order valence-electron chi connectivity index (χ2n) is 2.33. The lowest BCUT2D eigenvalue weighted by Gasteiger charge is -2.19. The topological polar surface area (TPSA) is 40.5 Å². The molecule has 0 saturated heterocycles. The molecule has 0 aliphatic heterocycles. The molecule has 2 nitrogen and oxygen atoms in total. The van der Waals surface area contributed by atoms with Crippen LogP contribution in [0, 0.1) is 0 Å². The van der Waals surface area contributed by atoms with Crippen molar-refractivity contribution < 1.29 is 10.2 Å². The fourth-order valence-corrected chi connectivity index (χ4v) is 0. The molecule has 0 unspecified atom stereocenters. The van der Waals surface area contributed by atoms with Gasteiger partial charge in [0.1, 0.15) is 0 Å². The second kappa shape index (κ2) is 1.80. The summed E-state index contributed by atoms with van der Waals surface area (Å²) in [7, 11) is 0. The van der Waals surface area contributed by atoms with E-state index in [9.17, 15) is 0 Å². The predicted molar refractivity (Wildman–Crippen MR) is 28.0 cm³/mol. The average molecular weight is 104 g/mol. The molecular weight excluding hydrogens is 92.1 g/mol. The van der Waals surface area contributed by atoms with Gasteiger partial charge in [0.25, 0.3) is 0 Å². The van der Waals surface area contributed by atoms with Crippen molar-refractivity contribution in [1.82, 2.24) is 0 Å². The highest BCUT2D eigenvalue weighted by molar-refractivity contribution is 4.70. The monoisotopic (exact) mass is 104 g/mol. The lowest BCUT2D eigenvalue weighted by Crippen LogP contribution is -2.32. The SMILES string of the molecule is C[C@H](O)C(C)(C)O. The first kappa shape index (κ1) is 6.92. The molecule has 0 aromatic carbocycles. The normalized spacial score (nSPS) is 16.7. The molecule has 0 saturated carbocycles. The fourth-order valence-electron chi connectivity index (χ4n) is 0. The standard InChI is InChI=1S/C5H12O2/c1-4(6)5(2,3)7/h4,6-7H,1-3H3/t4-/m0/s1. The van der Waals surface area contributed by atoms with Gasteiger partial charge in [0.2, 0.25) is 0 Å². The van der Waals surface area contributed by atoms with Crippen molar-refractivity contribution in [1.29, 1.82) is 0 Å². The van der Waals surface area contributed by atoms with Gasteiger partial charge in [0.15, 0.2) is 0 Å². The van der Waals surface area contributed by atoms with Crippen LogP contribution in [0.5, 0.6) is 0 Å². The van der Waals surface area contributed by atoms with Crippen molar-refractivity contribution in [2.45, 2.75) is 32.5 Å². The van der Waals surface area contributed by atoms with Gasteiger partial charge in [0, 0.05) is 0 Å². The molecule has 0 fully saturated rings. The predicted octanol–water partition coefficient (Wildman–Crippen LogP) is 0.138. The number of hydrogen-bond donors (Lipinski definition) is 2. The number of hydrogen-bond acceptors (Lipinski definition) is 2. The van der Waals surface area contributed by atoms with Crippen LogP contribution in [0.15, 0.2) is 0 Å². The van der Waals surface area contributed by atoms with E-state index in [1.807, 2.05) is 0 Å². The molecule has 7 heavy (non-hydrogen) atoms. The van der Waals surface area contributed by atoms with Crippen molar-refractivity contribution >= 4 is 0 Å². The molecule has 44 valence electrons. The molecule has 0 rings (SSSR count). The summed E-state index contributed by atoms with van der Waals surface area (Å²) in [6.45, 7) is 4.69. The van der Waals surface area contributed by atoms with Crippen LogP contribution in [-0.4, -0.2) is 21.9 Å². The van der Waals surface area contributed by atoms with E-state index in [1.165, 1.54) is 0 Å². The Bertz CT molecular complexity index is 51.6. The average Bonchev–Trinajstić information content (AvgIpc) is 1.31. The summed E-state index contributed by atoms with van der Waals surface area (Å²) in [6.07, 6.45) is -0.646. The van der Waals surface area contributed by atoms with E-state index in [-0.39, 0.29) is 0 Å². The van der Waals surface area contributed by atoms with Gasteiger partial charge in [-0.05, 0) is 20.8 Å². The van der Waals surface area contributed by atoms with Crippen LogP contribution in [-0.2, 0) is 0 Å². The van der Waals surface area contributed by atoms with Gasteiger partial charge < -0.3 is 10.2 Å². The summed E-state index contributed by atoms with van der Waals surface area (Å²) >= 11 is 0. The smallest absolute Gasteiger partial charge is 0.0846 e. The third kappa shape index (κ3) is 2.60. The summed E-state index contributed by atoms with van der Waals surface area (Å²) < 4.78 is 0. The Kier molecular flexibility index (Phi) is 1.78. The molecule has 2 heteroatoms. The van der Waals surface area contributed by atoms with Crippen molar-refractivity contribution in [3.63, 3.8) is 0 Å². The van der Waals surface area contributed by atoms with Crippen molar-refractivity contribution in [2.24, 2.45) is 0 Å². The molecule has 0 aliphatic carbocycles. The lowest BCUT2D eigenvalue weighted by atomic mass is 10.0. The van der Waals surface area contributed by atoms with Crippen molar-refractivity contribution in [3.05, 3.63) is 0 Å². The first-order chi connectivity index (χ1) is 2.94. The van der Waals surface area contributed by atoms with Crippen LogP contribution in [0.4, 0.5) is 0 Å².